The van der Waals surface area contributed by atoms with Crippen LogP contribution in [0, 0.1) is 11.3 Å². The molecule has 0 saturated heterocycles. The Labute approximate surface area is 143 Å². The summed E-state index contributed by atoms with van der Waals surface area (Å²) in [5, 5.41) is 0. The Morgan fingerprint density at radius 1 is 1.13 bits per heavy atom. The lowest BCUT2D eigenvalue weighted by Gasteiger charge is -2.23. The fourth-order valence-electron chi connectivity index (χ4n) is 2.61. The molecule has 0 radical (unpaired) electrons. The van der Waals surface area contributed by atoms with Crippen molar-refractivity contribution in [3.63, 3.8) is 0 Å². The summed E-state index contributed by atoms with van der Waals surface area (Å²) in [6, 6.07) is 0. The van der Waals surface area contributed by atoms with Crippen molar-refractivity contribution in [3.05, 3.63) is 24.8 Å². The van der Waals surface area contributed by atoms with E-state index in [-0.39, 0.29) is 17.1 Å². The molecular formula is C21H36O2. The van der Waals surface area contributed by atoms with Crippen molar-refractivity contribution < 1.29 is 9.59 Å². The number of hydrogen-bond acceptors (Lipinski definition) is 2. The van der Waals surface area contributed by atoms with Crippen LogP contribution in [0.1, 0.15) is 85.0 Å². The number of allylic oxidation sites excluding steroid dienone is 3. The Hall–Kier alpha value is -1.18. The molecule has 0 bridgehead atoms. The van der Waals surface area contributed by atoms with Crippen molar-refractivity contribution in [2.75, 3.05) is 0 Å². The largest absolute Gasteiger partial charge is 0.303 e. The highest BCUT2D eigenvalue weighted by molar-refractivity contribution is 5.91. The molecule has 0 aliphatic rings. The molecular weight excluding hydrogens is 284 g/mol. The fraction of sp³-hybridized carbons (Fsp3) is 0.714. The average Bonchev–Trinajstić information content (AvgIpc) is 2.57. The molecule has 0 heterocycles. The van der Waals surface area contributed by atoms with Crippen LogP contribution in [0.25, 0.3) is 0 Å². The summed E-state index contributed by atoms with van der Waals surface area (Å²) in [5.41, 5.74) is -0.283. The van der Waals surface area contributed by atoms with E-state index < -0.39 is 0 Å². The van der Waals surface area contributed by atoms with E-state index in [1.54, 1.807) is 6.08 Å². The molecule has 0 rings (SSSR count). The number of unbranched alkanes of at least 4 members (excludes halogenated alkanes) is 4. The first-order valence-electron chi connectivity index (χ1n) is 9.30. The lowest BCUT2D eigenvalue weighted by atomic mass is 9.80. The van der Waals surface area contributed by atoms with Crippen molar-refractivity contribution >= 4 is 12.1 Å². The predicted octanol–water partition coefficient (Wildman–Crippen LogP) is 6.06. The molecule has 0 spiro atoms. The van der Waals surface area contributed by atoms with Crippen molar-refractivity contribution in [1.29, 1.82) is 0 Å². The third-order valence-corrected chi connectivity index (χ3v) is 4.76. The third-order valence-electron chi connectivity index (χ3n) is 4.76. The summed E-state index contributed by atoms with van der Waals surface area (Å²) in [6.45, 7) is 9.90. The van der Waals surface area contributed by atoms with Crippen LogP contribution in [0.4, 0.5) is 0 Å². The van der Waals surface area contributed by atoms with Gasteiger partial charge in [0.2, 0.25) is 0 Å². The average molecular weight is 321 g/mol. The smallest absolute Gasteiger partial charge is 0.158 e. The maximum Gasteiger partial charge on any atom is 0.158 e. The van der Waals surface area contributed by atoms with E-state index in [1.807, 2.05) is 26.0 Å². The van der Waals surface area contributed by atoms with Gasteiger partial charge in [-0.2, -0.15) is 0 Å². The van der Waals surface area contributed by atoms with Gasteiger partial charge in [0, 0.05) is 11.3 Å². The van der Waals surface area contributed by atoms with Crippen LogP contribution < -0.4 is 0 Å². The molecule has 2 unspecified atom stereocenters. The van der Waals surface area contributed by atoms with Crippen LogP contribution in [0.2, 0.25) is 0 Å². The Bertz CT molecular complexity index is 370. The monoisotopic (exact) mass is 320 g/mol. The number of ketones is 1. The van der Waals surface area contributed by atoms with Gasteiger partial charge in [-0.25, -0.2) is 0 Å². The van der Waals surface area contributed by atoms with Crippen molar-refractivity contribution in [2.45, 2.75) is 85.0 Å². The van der Waals surface area contributed by atoms with E-state index in [2.05, 4.69) is 13.5 Å². The first-order chi connectivity index (χ1) is 11.0. The van der Waals surface area contributed by atoms with Gasteiger partial charge in [0.05, 0.1) is 0 Å². The molecule has 132 valence electrons. The number of carbonyl (C=O) groups excluding carboxylic acids is 2. The second-order valence-corrected chi connectivity index (χ2v) is 6.88. The SMILES string of the molecule is C=CCCCCCC(CCC(C)(C=O)CC)C(=O)C=CCCC. The molecule has 0 N–H and O–H groups in total. The molecule has 2 nitrogen and oxygen atoms in total. The van der Waals surface area contributed by atoms with Crippen LogP contribution in [-0.2, 0) is 9.59 Å². The number of carbonyl (C=O) groups is 2. The fourth-order valence-corrected chi connectivity index (χ4v) is 2.61. The van der Waals surface area contributed by atoms with Crippen molar-refractivity contribution in [1.82, 2.24) is 0 Å². The summed E-state index contributed by atoms with van der Waals surface area (Å²) >= 11 is 0. The van der Waals surface area contributed by atoms with E-state index in [9.17, 15) is 9.59 Å². The van der Waals surface area contributed by atoms with Gasteiger partial charge in [0.15, 0.2) is 5.78 Å². The van der Waals surface area contributed by atoms with Gasteiger partial charge in [-0.1, -0.05) is 52.2 Å². The second kappa shape index (κ2) is 13.3. The quantitative estimate of drug-likeness (QED) is 0.159. The van der Waals surface area contributed by atoms with Crippen LogP contribution >= 0.6 is 0 Å². The Morgan fingerprint density at radius 2 is 1.87 bits per heavy atom. The van der Waals surface area contributed by atoms with Gasteiger partial charge in [-0.3, -0.25) is 4.79 Å². The summed E-state index contributed by atoms with van der Waals surface area (Å²) < 4.78 is 0. The zero-order chi connectivity index (χ0) is 17.6. The van der Waals surface area contributed by atoms with Crippen molar-refractivity contribution in [2.24, 2.45) is 11.3 Å². The second-order valence-electron chi connectivity index (χ2n) is 6.88. The normalized spacial score (nSPS) is 15.3. The predicted molar refractivity (Wildman–Crippen MR) is 99.5 cm³/mol. The van der Waals surface area contributed by atoms with Gasteiger partial charge >= 0.3 is 0 Å². The zero-order valence-corrected chi connectivity index (χ0v) is 15.5. The van der Waals surface area contributed by atoms with Gasteiger partial charge < -0.3 is 4.79 Å². The molecule has 0 fully saturated rings. The van der Waals surface area contributed by atoms with Crippen LogP contribution in [0.5, 0.6) is 0 Å². The lowest BCUT2D eigenvalue weighted by molar-refractivity contribution is -0.120. The number of hydrogen-bond donors (Lipinski definition) is 0. The summed E-state index contributed by atoms with van der Waals surface area (Å²) in [7, 11) is 0. The first-order valence-corrected chi connectivity index (χ1v) is 9.30. The van der Waals surface area contributed by atoms with Crippen LogP contribution in [0.15, 0.2) is 24.8 Å². The highest BCUT2D eigenvalue weighted by atomic mass is 16.1. The lowest BCUT2D eigenvalue weighted by Crippen LogP contribution is -2.21. The summed E-state index contributed by atoms with van der Waals surface area (Å²) in [5.74, 6) is 0.309. The summed E-state index contributed by atoms with van der Waals surface area (Å²) in [6.07, 6.45) is 16.6. The molecule has 0 aromatic carbocycles. The molecule has 0 aliphatic carbocycles. The molecule has 0 aromatic heterocycles. The van der Waals surface area contributed by atoms with Crippen molar-refractivity contribution in [3.8, 4) is 0 Å². The first kappa shape index (κ1) is 21.8. The minimum Gasteiger partial charge on any atom is -0.303 e. The topological polar surface area (TPSA) is 34.1 Å². The van der Waals surface area contributed by atoms with Crippen LogP contribution in [0.3, 0.4) is 0 Å². The summed E-state index contributed by atoms with van der Waals surface area (Å²) in [4.78, 5) is 23.7. The van der Waals surface area contributed by atoms with Gasteiger partial charge in [-0.15, -0.1) is 6.58 Å². The van der Waals surface area contributed by atoms with Gasteiger partial charge in [0.1, 0.15) is 6.29 Å². The Balaban J connectivity index is 4.55. The van der Waals surface area contributed by atoms with E-state index >= 15 is 0 Å². The molecule has 2 atom stereocenters. The molecule has 0 amide bonds. The number of aldehydes is 1. The number of rotatable bonds is 15. The Kier molecular flexibility index (Phi) is 12.6. The van der Waals surface area contributed by atoms with E-state index in [0.717, 1.165) is 70.5 Å². The van der Waals surface area contributed by atoms with Gasteiger partial charge in [-0.05, 0) is 51.0 Å². The highest BCUT2D eigenvalue weighted by Crippen LogP contribution is 2.29. The van der Waals surface area contributed by atoms with E-state index in [0.29, 0.717) is 0 Å². The van der Waals surface area contributed by atoms with E-state index in [4.69, 9.17) is 0 Å². The highest BCUT2D eigenvalue weighted by Gasteiger charge is 2.24. The van der Waals surface area contributed by atoms with E-state index in [1.165, 1.54) is 0 Å². The maximum atomic E-state index is 12.4. The van der Waals surface area contributed by atoms with Gasteiger partial charge in [0.25, 0.3) is 0 Å². The standard InChI is InChI=1S/C21H36O2/c1-5-8-10-11-13-14-19(20(23)15-12-9-6-2)16-17-21(4,7-3)18-22/h5,12,15,18-19H,1,6-11,13-14,16-17H2,2-4H3. The zero-order valence-electron chi connectivity index (χ0n) is 15.5. The molecule has 0 aliphatic heterocycles. The molecule has 0 aromatic rings. The Morgan fingerprint density at radius 3 is 2.43 bits per heavy atom. The minimum absolute atomic E-state index is 0.0673. The maximum absolute atomic E-state index is 12.4. The minimum atomic E-state index is -0.283. The molecule has 23 heavy (non-hydrogen) atoms. The molecule has 2 heteroatoms. The van der Waals surface area contributed by atoms with Crippen LogP contribution in [-0.4, -0.2) is 12.1 Å². The molecule has 0 saturated carbocycles. The third kappa shape index (κ3) is 10.3.